The molecule has 0 aromatic heterocycles. The van der Waals surface area contributed by atoms with Gasteiger partial charge in [0.05, 0.1) is 24.8 Å². The van der Waals surface area contributed by atoms with Crippen molar-refractivity contribution < 1.29 is 36.3 Å². The number of ether oxygens (including phenoxy) is 1. The van der Waals surface area contributed by atoms with Gasteiger partial charge >= 0.3 is 6.18 Å². The smallest absolute Gasteiger partial charge is 0.380 e. The molecule has 1 fully saturated rings. The standard InChI is InChI=1S/C27H20ClF5N2O3/c1-26(11-38-12-26)10-13-4-19-22(23(35-25(19)37)18-9-16(29)2-3-20(18)28)21(5-13)34-24(36)14-6-15(27(31,32)33)8-17(30)7-14/h2-9,23H,10-12H2,1H3,(H,34,36)(H,35,37)/t23-/m0/s1. The van der Waals surface area contributed by atoms with E-state index in [1.165, 1.54) is 6.07 Å². The molecule has 2 amide bonds. The number of halogens is 6. The first-order chi connectivity index (χ1) is 17.8. The summed E-state index contributed by atoms with van der Waals surface area (Å²) in [5, 5.41) is 5.44. The van der Waals surface area contributed by atoms with Crippen molar-refractivity contribution in [1.29, 1.82) is 0 Å². The van der Waals surface area contributed by atoms with Crippen LogP contribution in [0.5, 0.6) is 0 Å². The number of anilines is 1. The fourth-order valence-electron chi connectivity index (χ4n) is 4.79. The van der Waals surface area contributed by atoms with E-state index in [2.05, 4.69) is 10.6 Å². The highest BCUT2D eigenvalue weighted by Gasteiger charge is 2.38. The number of nitrogens with one attached hydrogen (secondary N) is 2. The van der Waals surface area contributed by atoms with E-state index < -0.39 is 46.8 Å². The summed E-state index contributed by atoms with van der Waals surface area (Å²) in [6.45, 7) is 2.97. The van der Waals surface area contributed by atoms with Crippen LogP contribution in [0.15, 0.2) is 48.5 Å². The Balaban J connectivity index is 1.60. The van der Waals surface area contributed by atoms with Gasteiger partial charge in [0.1, 0.15) is 11.6 Å². The first-order valence-corrected chi connectivity index (χ1v) is 11.9. The zero-order valence-corrected chi connectivity index (χ0v) is 20.6. The van der Waals surface area contributed by atoms with Gasteiger partial charge in [0, 0.05) is 38.4 Å². The fraction of sp³-hybridized carbons (Fsp3) is 0.259. The Morgan fingerprint density at radius 2 is 1.84 bits per heavy atom. The first kappa shape index (κ1) is 26.1. The summed E-state index contributed by atoms with van der Waals surface area (Å²) in [5.74, 6) is -3.35. The van der Waals surface area contributed by atoms with E-state index in [1.807, 2.05) is 6.92 Å². The van der Waals surface area contributed by atoms with Crippen LogP contribution in [-0.4, -0.2) is 25.0 Å². The van der Waals surface area contributed by atoms with Crippen LogP contribution in [0.2, 0.25) is 5.02 Å². The van der Waals surface area contributed by atoms with Crippen LogP contribution in [0.1, 0.15) is 55.9 Å². The van der Waals surface area contributed by atoms with Gasteiger partial charge in [0.25, 0.3) is 11.8 Å². The molecule has 0 unspecified atom stereocenters. The molecular weight excluding hydrogens is 531 g/mol. The number of benzene rings is 3. The molecule has 11 heteroatoms. The van der Waals surface area contributed by atoms with Crippen LogP contribution in [0.25, 0.3) is 0 Å². The number of rotatable bonds is 5. The van der Waals surface area contributed by atoms with E-state index in [4.69, 9.17) is 16.3 Å². The number of fused-ring (bicyclic) bond motifs is 1. The number of amides is 2. The number of carbonyl (C=O) groups excluding carboxylic acids is 2. The lowest BCUT2D eigenvalue weighted by atomic mass is 9.81. The van der Waals surface area contributed by atoms with Gasteiger partial charge in [-0.15, -0.1) is 0 Å². The summed E-state index contributed by atoms with van der Waals surface area (Å²) in [5.41, 5.74) is -0.626. The third-order valence-electron chi connectivity index (χ3n) is 6.59. The molecule has 2 heterocycles. The lowest BCUT2D eigenvalue weighted by Gasteiger charge is -2.38. The summed E-state index contributed by atoms with van der Waals surface area (Å²) in [6, 6.07) is 7.45. The Morgan fingerprint density at radius 1 is 1.11 bits per heavy atom. The topological polar surface area (TPSA) is 67.4 Å². The average molecular weight is 551 g/mol. The molecule has 5 rings (SSSR count). The zero-order valence-electron chi connectivity index (χ0n) is 19.8. The predicted molar refractivity (Wildman–Crippen MR) is 129 cm³/mol. The van der Waals surface area contributed by atoms with E-state index >= 15 is 0 Å². The summed E-state index contributed by atoms with van der Waals surface area (Å²) >= 11 is 6.30. The van der Waals surface area contributed by atoms with E-state index in [-0.39, 0.29) is 32.8 Å². The zero-order chi connectivity index (χ0) is 27.4. The van der Waals surface area contributed by atoms with Crippen LogP contribution >= 0.6 is 11.6 Å². The highest BCUT2D eigenvalue weighted by Crippen LogP contribution is 2.42. The average Bonchev–Trinajstić information content (AvgIpc) is 3.15. The van der Waals surface area contributed by atoms with Gasteiger partial charge in [-0.3, -0.25) is 9.59 Å². The lowest BCUT2D eigenvalue weighted by molar-refractivity contribution is -0.137. The van der Waals surface area contributed by atoms with E-state index in [0.29, 0.717) is 43.4 Å². The molecule has 1 saturated heterocycles. The Hall–Kier alpha value is -3.50. The molecule has 2 aliphatic heterocycles. The van der Waals surface area contributed by atoms with Crippen molar-refractivity contribution in [3.63, 3.8) is 0 Å². The van der Waals surface area contributed by atoms with Crippen molar-refractivity contribution in [3.05, 3.63) is 98.6 Å². The van der Waals surface area contributed by atoms with Crippen molar-refractivity contribution in [2.24, 2.45) is 5.41 Å². The molecule has 0 aliphatic carbocycles. The van der Waals surface area contributed by atoms with Gasteiger partial charge in [0.15, 0.2) is 0 Å². The van der Waals surface area contributed by atoms with Crippen LogP contribution in [0.4, 0.5) is 27.6 Å². The Kier molecular flexibility index (Phi) is 6.43. The van der Waals surface area contributed by atoms with E-state index in [9.17, 15) is 31.5 Å². The molecule has 2 aliphatic rings. The third-order valence-corrected chi connectivity index (χ3v) is 6.93. The molecule has 2 N–H and O–H groups in total. The Bertz CT molecular complexity index is 1470. The highest BCUT2D eigenvalue weighted by atomic mass is 35.5. The number of hydrogen-bond acceptors (Lipinski definition) is 3. The molecule has 0 bridgehead atoms. The molecule has 3 aromatic rings. The Labute approximate surface area is 218 Å². The second-order valence-electron chi connectivity index (χ2n) is 9.84. The molecule has 0 saturated carbocycles. The van der Waals surface area contributed by atoms with Gasteiger partial charge in [-0.1, -0.05) is 18.5 Å². The molecular formula is C27H20ClF5N2O3. The second kappa shape index (κ2) is 9.36. The highest BCUT2D eigenvalue weighted by molar-refractivity contribution is 6.31. The van der Waals surface area contributed by atoms with Crippen LogP contribution in [-0.2, 0) is 17.3 Å². The van der Waals surface area contributed by atoms with Crippen LogP contribution in [0.3, 0.4) is 0 Å². The van der Waals surface area contributed by atoms with Gasteiger partial charge in [0.2, 0.25) is 0 Å². The fourth-order valence-corrected chi connectivity index (χ4v) is 5.02. The summed E-state index contributed by atoms with van der Waals surface area (Å²) in [6.07, 6.45) is -4.38. The van der Waals surface area contributed by atoms with Crippen molar-refractivity contribution in [2.45, 2.75) is 25.6 Å². The molecule has 38 heavy (non-hydrogen) atoms. The van der Waals surface area contributed by atoms with E-state index in [1.54, 1.807) is 12.1 Å². The first-order valence-electron chi connectivity index (χ1n) is 11.5. The predicted octanol–water partition coefficient (Wildman–Crippen LogP) is 6.30. The van der Waals surface area contributed by atoms with Gasteiger partial charge in [-0.25, -0.2) is 8.78 Å². The van der Waals surface area contributed by atoms with Crippen molar-refractivity contribution in [2.75, 3.05) is 18.5 Å². The molecule has 0 spiro atoms. The van der Waals surface area contributed by atoms with Gasteiger partial charge in [-0.05, 0) is 60.5 Å². The molecule has 0 radical (unpaired) electrons. The minimum Gasteiger partial charge on any atom is -0.380 e. The van der Waals surface area contributed by atoms with Crippen molar-refractivity contribution in [3.8, 4) is 0 Å². The number of hydrogen-bond donors (Lipinski definition) is 2. The maximum absolute atomic E-state index is 14.1. The van der Waals surface area contributed by atoms with E-state index in [0.717, 1.165) is 12.1 Å². The monoisotopic (exact) mass is 550 g/mol. The minimum atomic E-state index is -4.87. The minimum absolute atomic E-state index is 0.104. The van der Waals surface area contributed by atoms with Crippen LogP contribution < -0.4 is 10.6 Å². The summed E-state index contributed by atoms with van der Waals surface area (Å²) < 4.78 is 73.1. The lowest BCUT2D eigenvalue weighted by Crippen LogP contribution is -2.41. The largest absolute Gasteiger partial charge is 0.416 e. The SMILES string of the molecule is CC1(Cc2cc(NC(=O)c3cc(F)cc(C(F)(F)F)c3)c3c(c2)C(=O)N[C@H]3c2cc(F)ccc2Cl)COC1. The number of alkyl halides is 3. The molecule has 5 nitrogen and oxygen atoms in total. The number of carbonyl (C=O) groups is 2. The molecule has 198 valence electrons. The quantitative estimate of drug-likeness (QED) is 0.366. The molecule has 3 aromatic carbocycles. The normalized spacial score (nSPS) is 18.0. The maximum atomic E-state index is 14.1. The van der Waals surface area contributed by atoms with Crippen LogP contribution in [0, 0.1) is 17.0 Å². The van der Waals surface area contributed by atoms with Gasteiger partial charge < -0.3 is 15.4 Å². The maximum Gasteiger partial charge on any atom is 0.416 e. The second-order valence-corrected chi connectivity index (χ2v) is 10.2. The Morgan fingerprint density at radius 3 is 2.50 bits per heavy atom. The molecule has 1 atom stereocenters. The van der Waals surface area contributed by atoms with Crippen molar-refractivity contribution in [1.82, 2.24) is 5.32 Å². The van der Waals surface area contributed by atoms with Gasteiger partial charge in [-0.2, -0.15) is 13.2 Å². The third kappa shape index (κ3) is 4.98. The van der Waals surface area contributed by atoms with Crippen molar-refractivity contribution >= 4 is 29.1 Å². The summed E-state index contributed by atoms with van der Waals surface area (Å²) in [4.78, 5) is 26.1. The summed E-state index contributed by atoms with van der Waals surface area (Å²) in [7, 11) is 0.